The van der Waals surface area contributed by atoms with Crippen molar-refractivity contribution in [2.75, 3.05) is 13.2 Å². The number of hydrogen-bond donors (Lipinski definition) is 2. The third-order valence-electron chi connectivity index (χ3n) is 3.32. The monoisotopic (exact) mass is 249 g/mol. The van der Waals surface area contributed by atoms with Crippen LogP contribution in [0.25, 0.3) is 0 Å². The molecular formula is C13H19N3O2. The average Bonchev–Trinajstić information content (AvgIpc) is 2.40. The summed E-state index contributed by atoms with van der Waals surface area (Å²) >= 11 is 0. The van der Waals surface area contributed by atoms with Crippen molar-refractivity contribution >= 4 is 5.91 Å². The molecule has 0 unspecified atom stereocenters. The molecule has 0 aliphatic carbocycles. The van der Waals surface area contributed by atoms with Crippen LogP contribution in [0, 0.1) is 0 Å². The van der Waals surface area contributed by atoms with Gasteiger partial charge in [0, 0.05) is 19.4 Å². The van der Waals surface area contributed by atoms with E-state index < -0.39 is 5.54 Å². The molecule has 0 saturated carbocycles. The van der Waals surface area contributed by atoms with E-state index in [9.17, 15) is 4.79 Å². The molecule has 1 aliphatic heterocycles. The van der Waals surface area contributed by atoms with Gasteiger partial charge in [-0.05, 0) is 31.9 Å². The second-order valence-corrected chi connectivity index (χ2v) is 4.72. The molecule has 1 amide bonds. The summed E-state index contributed by atoms with van der Waals surface area (Å²) in [5.41, 5.74) is 6.15. The maximum Gasteiger partial charge on any atom is 0.240 e. The van der Waals surface area contributed by atoms with Gasteiger partial charge in [0.05, 0.1) is 17.3 Å². The first-order valence-corrected chi connectivity index (χ1v) is 6.20. The van der Waals surface area contributed by atoms with Crippen LogP contribution >= 0.6 is 0 Å². The Morgan fingerprint density at radius 3 is 2.83 bits per heavy atom. The van der Waals surface area contributed by atoms with Crippen LogP contribution in [0.5, 0.6) is 0 Å². The highest BCUT2D eigenvalue weighted by atomic mass is 16.5. The number of rotatable bonds is 3. The first-order valence-electron chi connectivity index (χ1n) is 6.20. The molecule has 1 atom stereocenters. The van der Waals surface area contributed by atoms with Crippen molar-refractivity contribution in [2.24, 2.45) is 5.73 Å². The van der Waals surface area contributed by atoms with Crippen LogP contribution in [0.2, 0.25) is 0 Å². The van der Waals surface area contributed by atoms with Crippen molar-refractivity contribution < 1.29 is 9.53 Å². The second kappa shape index (κ2) is 5.46. The van der Waals surface area contributed by atoms with Gasteiger partial charge in [-0.15, -0.1) is 0 Å². The van der Waals surface area contributed by atoms with E-state index in [0.29, 0.717) is 26.1 Å². The molecule has 1 aromatic heterocycles. The summed E-state index contributed by atoms with van der Waals surface area (Å²) in [6.07, 6.45) is 2.84. The number of carbonyl (C=O) groups is 1. The molecule has 5 nitrogen and oxygen atoms in total. The van der Waals surface area contributed by atoms with Crippen LogP contribution in [0.3, 0.4) is 0 Å². The zero-order valence-corrected chi connectivity index (χ0v) is 10.6. The molecule has 3 N–H and O–H groups in total. The summed E-state index contributed by atoms with van der Waals surface area (Å²) < 4.78 is 5.23. The highest BCUT2D eigenvalue weighted by molar-refractivity contribution is 5.86. The number of nitrogens with two attached hydrogens (primary N) is 1. The molecule has 98 valence electrons. The van der Waals surface area contributed by atoms with Crippen LogP contribution in [-0.4, -0.2) is 29.6 Å². The van der Waals surface area contributed by atoms with Gasteiger partial charge in [-0.25, -0.2) is 0 Å². The number of amides is 1. The van der Waals surface area contributed by atoms with Crippen LogP contribution in [0.4, 0.5) is 0 Å². The van der Waals surface area contributed by atoms with E-state index in [4.69, 9.17) is 10.5 Å². The Kier molecular flexibility index (Phi) is 3.93. The zero-order valence-electron chi connectivity index (χ0n) is 10.6. The van der Waals surface area contributed by atoms with Crippen molar-refractivity contribution in [3.05, 3.63) is 30.1 Å². The quantitative estimate of drug-likeness (QED) is 0.829. The second-order valence-electron chi connectivity index (χ2n) is 4.72. The number of pyridine rings is 1. The Balaban J connectivity index is 1.98. The minimum Gasteiger partial charge on any atom is -0.381 e. The van der Waals surface area contributed by atoms with Crippen molar-refractivity contribution in [3.63, 3.8) is 0 Å². The fraction of sp³-hybridized carbons (Fsp3) is 0.538. The molecule has 2 heterocycles. The van der Waals surface area contributed by atoms with Crippen LogP contribution in [0.15, 0.2) is 24.4 Å². The summed E-state index contributed by atoms with van der Waals surface area (Å²) in [5, 5.41) is 2.92. The lowest BCUT2D eigenvalue weighted by Gasteiger charge is -2.32. The lowest BCUT2D eigenvalue weighted by molar-refractivity contribution is -0.130. The maximum absolute atomic E-state index is 12.2. The average molecular weight is 249 g/mol. The number of carbonyl (C=O) groups excluding carboxylic acids is 1. The first kappa shape index (κ1) is 13.0. The molecule has 0 radical (unpaired) electrons. The lowest BCUT2D eigenvalue weighted by Crippen LogP contribution is -2.57. The fourth-order valence-electron chi connectivity index (χ4n) is 2.01. The SMILES string of the molecule is C[C@@H](NC(=O)C1(N)CCOCC1)c1ccccn1. The van der Waals surface area contributed by atoms with E-state index in [1.165, 1.54) is 0 Å². The van der Waals surface area contributed by atoms with E-state index >= 15 is 0 Å². The van der Waals surface area contributed by atoms with Gasteiger partial charge in [0.1, 0.15) is 0 Å². The summed E-state index contributed by atoms with van der Waals surface area (Å²) in [4.78, 5) is 16.4. The summed E-state index contributed by atoms with van der Waals surface area (Å²) in [6.45, 7) is 2.99. The number of hydrogen-bond acceptors (Lipinski definition) is 4. The molecule has 2 rings (SSSR count). The van der Waals surface area contributed by atoms with E-state index in [1.807, 2.05) is 25.1 Å². The molecule has 0 aromatic carbocycles. The molecule has 5 heteroatoms. The van der Waals surface area contributed by atoms with E-state index in [1.54, 1.807) is 6.20 Å². The van der Waals surface area contributed by atoms with Gasteiger partial charge >= 0.3 is 0 Å². The number of nitrogens with zero attached hydrogens (tertiary/aromatic N) is 1. The lowest BCUT2D eigenvalue weighted by atomic mass is 9.90. The Hall–Kier alpha value is -1.46. The number of nitrogens with one attached hydrogen (secondary N) is 1. The predicted octanol–water partition coefficient (Wildman–Crippen LogP) is 0.767. The van der Waals surface area contributed by atoms with Crippen LogP contribution in [0.1, 0.15) is 31.5 Å². The number of aromatic nitrogens is 1. The van der Waals surface area contributed by atoms with Crippen molar-refractivity contribution in [1.29, 1.82) is 0 Å². The minimum atomic E-state index is -0.804. The van der Waals surface area contributed by atoms with E-state index in [0.717, 1.165) is 5.69 Å². The third-order valence-corrected chi connectivity index (χ3v) is 3.32. The molecule has 1 aliphatic rings. The molecule has 1 saturated heterocycles. The van der Waals surface area contributed by atoms with Gasteiger partial charge in [-0.2, -0.15) is 0 Å². The normalized spacial score (nSPS) is 20.1. The minimum absolute atomic E-state index is 0.121. The first-order chi connectivity index (χ1) is 8.62. The van der Waals surface area contributed by atoms with Gasteiger partial charge in [-0.1, -0.05) is 6.07 Å². The van der Waals surface area contributed by atoms with Crippen molar-refractivity contribution in [3.8, 4) is 0 Å². The molecule has 1 fully saturated rings. The van der Waals surface area contributed by atoms with Crippen molar-refractivity contribution in [1.82, 2.24) is 10.3 Å². The van der Waals surface area contributed by atoms with Gasteiger partial charge < -0.3 is 15.8 Å². The molecule has 0 bridgehead atoms. The summed E-state index contributed by atoms with van der Waals surface area (Å²) in [6, 6.07) is 5.50. The predicted molar refractivity (Wildman–Crippen MR) is 67.8 cm³/mol. The third kappa shape index (κ3) is 2.86. The molecule has 18 heavy (non-hydrogen) atoms. The van der Waals surface area contributed by atoms with E-state index in [-0.39, 0.29) is 11.9 Å². The Bertz CT molecular complexity index is 402. The fourth-order valence-corrected chi connectivity index (χ4v) is 2.01. The van der Waals surface area contributed by atoms with Crippen LogP contribution in [-0.2, 0) is 9.53 Å². The highest BCUT2D eigenvalue weighted by Gasteiger charge is 2.36. The van der Waals surface area contributed by atoms with Gasteiger partial charge in [0.25, 0.3) is 0 Å². The van der Waals surface area contributed by atoms with Gasteiger partial charge in [-0.3, -0.25) is 9.78 Å². The highest BCUT2D eigenvalue weighted by Crippen LogP contribution is 2.19. The Morgan fingerprint density at radius 2 is 2.22 bits per heavy atom. The Morgan fingerprint density at radius 1 is 1.50 bits per heavy atom. The van der Waals surface area contributed by atoms with Crippen LogP contribution < -0.4 is 11.1 Å². The number of ether oxygens (including phenoxy) is 1. The Labute approximate surface area is 107 Å². The molecule has 1 aromatic rings. The van der Waals surface area contributed by atoms with Gasteiger partial charge in [0.2, 0.25) is 5.91 Å². The smallest absolute Gasteiger partial charge is 0.240 e. The summed E-state index contributed by atoms with van der Waals surface area (Å²) in [5.74, 6) is -0.121. The molecular weight excluding hydrogens is 230 g/mol. The maximum atomic E-state index is 12.2. The summed E-state index contributed by atoms with van der Waals surface area (Å²) in [7, 11) is 0. The topological polar surface area (TPSA) is 77.2 Å². The van der Waals surface area contributed by atoms with Gasteiger partial charge in [0.15, 0.2) is 0 Å². The van der Waals surface area contributed by atoms with E-state index in [2.05, 4.69) is 10.3 Å². The van der Waals surface area contributed by atoms with Crippen molar-refractivity contribution in [2.45, 2.75) is 31.3 Å². The molecule has 0 spiro atoms. The largest absolute Gasteiger partial charge is 0.381 e. The zero-order chi connectivity index (χ0) is 13.0. The standard InChI is InChI=1S/C13H19N3O2/c1-10(11-4-2-3-7-15-11)16-12(17)13(14)5-8-18-9-6-13/h2-4,7,10H,5-6,8-9,14H2,1H3,(H,16,17)/t10-/m1/s1.